The van der Waals surface area contributed by atoms with Crippen LogP contribution in [0.25, 0.3) is 0 Å². The van der Waals surface area contributed by atoms with Gasteiger partial charge < -0.3 is 28.4 Å². The first-order chi connectivity index (χ1) is 15.7. The van der Waals surface area contributed by atoms with Crippen molar-refractivity contribution in [2.24, 2.45) is 0 Å². The van der Waals surface area contributed by atoms with E-state index in [9.17, 15) is 28.8 Å². The standard InChI is InChI=1S/C18H21N3O12/c1-28-13(22)10-7(31-10)4-19-16(25)20(5-8-11(32-8)14(23)29-2)18(27)21(17(19)26)6-9-12(33-9)15(24)30-3/h7-12H,4-6H2,1-3H3. The largest absolute Gasteiger partial charge is 0.467 e. The van der Waals surface area contributed by atoms with Crippen molar-refractivity contribution >= 4 is 17.9 Å². The van der Waals surface area contributed by atoms with Gasteiger partial charge in [0, 0.05) is 0 Å². The third-order valence-electron chi connectivity index (χ3n) is 5.52. The molecule has 0 bridgehead atoms. The smallest absolute Gasteiger partial charge is 0.337 e. The van der Waals surface area contributed by atoms with Gasteiger partial charge in [0.2, 0.25) is 0 Å². The number of aromatic nitrogens is 3. The SMILES string of the molecule is COC(=O)C1OC1Cn1c(=O)n(CC2OC2C(=O)OC)c(=O)n(CC2OC2C(=O)OC)c1=O. The number of esters is 3. The average molecular weight is 471 g/mol. The summed E-state index contributed by atoms with van der Waals surface area (Å²) in [6.45, 7) is -0.971. The Morgan fingerprint density at radius 3 is 1.06 bits per heavy atom. The van der Waals surface area contributed by atoms with E-state index in [4.69, 9.17) is 14.2 Å². The first-order valence-electron chi connectivity index (χ1n) is 9.86. The van der Waals surface area contributed by atoms with Crippen LogP contribution in [0.2, 0.25) is 0 Å². The van der Waals surface area contributed by atoms with Gasteiger partial charge in [-0.2, -0.15) is 0 Å². The molecule has 3 saturated heterocycles. The van der Waals surface area contributed by atoms with E-state index in [-0.39, 0.29) is 19.6 Å². The van der Waals surface area contributed by atoms with E-state index in [1.165, 1.54) is 21.3 Å². The molecule has 4 rings (SSSR count). The first kappa shape index (κ1) is 22.9. The molecule has 1 aromatic rings. The fourth-order valence-electron chi connectivity index (χ4n) is 3.51. The Morgan fingerprint density at radius 2 is 0.848 bits per heavy atom. The highest BCUT2D eigenvalue weighted by molar-refractivity contribution is 5.78. The molecular weight excluding hydrogens is 450 g/mol. The highest BCUT2D eigenvalue weighted by Crippen LogP contribution is 2.26. The number of carbonyl (C=O) groups is 3. The fourth-order valence-corrected chi connectivity index (χ4v) is 3.51. The minimum atomic E-state index is -0.972. The maximum absolute atomic E-state index is 13.0. The van der Waals surface area contributed by atoms with Crippen LogP contribution in [0, 0.1) is 0 Å². The molecule has 180 valence electrons. The van der Waals surface area contributed by atoms with E-state index in [0.29, 0.717) is 0 Å². The number of hydrogen-bond acceptors (Lipinski definition) is 12. The number of rotatable bonds is 9. The summed E-state index contributed by atoms with van der Waals surface area (Å²) in [5.74, 6) is -2.00. The van der Waals surface area contributed by atoms with Crippen LogP contribution in [0.3, 0.4) is 0 Å². The van der Waals surface area contributed by atoms with Crippen molar-refractivity contribution < 1.29 is 42.8 Å². The summed E-state index contributed by atoms with van der Waals surface area (Å²) in [6.07, 6.45) is -5.24. The van der Waals surface area contributed by atoms with Crippen LogP contribution in [0.5, 0.6) is 0 Å². The van der Waals surface area contributed by atoms with Crippen molar-refractivity contribution in [3.63, 3.8) is 0 Å². The second kappa shape index (κ2) is 8.57. The van der Waals surface area contributed by atoms with Gasteiger partial charge in [0.15, 0.2) is 18.3 Å². The number of epoxide rings is 3. The van der Waals surface area contributed by atoms with Crippen LogP contribution in [0.4, 0.5) is 0 Å². The maximum Gasteiger partial charge on any atom is 0.337 e. The Bertz CT molecular complexity index is 993. The highest BCUT2D eigenvalue weighted by Gasteiger charge is 2.50. The van der Waals surface area contributed by atoms with Gasteiger partial charge in [-0.15, -0.1) is 0 Å². The molecule has 6 unspecified atom stereocenters. The van der Waals surface area contributed by atoms with E-state index in [1.807, 2.05) is 0 Å². The van der Waals surface area contributed by atoms with Gasteiger partial charge in [-0.25, -0.2) is 42.5 Å². The summed E-state index contributed by atoms with van der Waals surface area (Å²) in [5, 5.41) is 0. The van der Waals surface area contributed by atoms with Crippen molar-refractivity contribution in [1.29, 1.82) is 0 Å². The van der Waals surface area contributed by atoms with Crippen LogP contribution in [-0.4, -0.2) is 89.6 Å². The van der Waals surface area contributed by atoms with E-state index in [1.54, 1.807) is 0 Å². The Morgan fingerprint density at radius 1 is 0.606 bits per heavy atom. The number of hydrogen-bond donors (Lipinski definition) is 0. The number of nitrogens with zero attached hydrogens (tertiary/aromatic N) is 3. The van der Waals surface area contributed by atoms with E-state index < -0.39 is 71.6 Å². The quantitative estimate of drug-likeness (QED) is 0.194. The lowest BCUT2D eigenvalue weighted by molar-refractivity contribution is -0.142. The second-order valence-corrected chi connectivity index (χ2v) is 7.53. The highest BCUT2D eigenvalue weighted by atomic mass is 16.6. The normalized spacial score (nSPS) is 29.2. The zero-order valence-electron chi connectivity index (χ0n) is 17.8. The molecule has 3 fully saturated rings. The summed E-state index contributed by atoms with van der Waals surface area (Å²) in [6, 6.07) is 0. The summed E-state index contributed by atoms with van der Waals surface area (Å²) in [7, 11) is 3.50. The fraction of sp³-hybridized carbons (Fsp3) is 0.667. The molecule has 3 aliphatic heterocycles. The lowest BCUT2D eigenvalue weighted by Crippen LogP contribution is -2.56. The summed E-state index contributed by atoms with van der Waals surface area (Å²) >= 11 is 0. The summed E-state index contributed by atoms with van der Waals surface area (Å²) in [5.41, 5.74) is -2.91. The van der Waals surface area contributed by atoms with Gasteiger partial charge in [0.25, 0.3) is 0 Å². The number of carbonyl (C=O) groups excluding carboxylic acids is 3. The predicted molar refractivity (Wildman–Crippen MR) is 101 cm³/mol. The van der Waals surface area contributed by atoms with Gasteiger partial charge in [-0.05, 0) is 0 Å². The summed E-state index contributed by atoms with van der Waals surface area (Å²) in [4.78, 5) is 73.7. The molecule has 0 saturated carbocycles. The van der Waals surface area contributed by atoms with Gasteiger partial charge >= 0.3 is 35.0 Å². The molecule has 4 heterocycles. The molecule has 0 amide bonds. The molecule has 1 aromatic heterocycles. The second-order valence-electron chi connectivity index (χ2n) is 7.53. The van der Waals surface area contributed by atoms with Gasteiger partial charge in [-0.1, -0.05) is 0 Å². The maximum atomic E-state index is 13.0. The van der Waals surface area contributed by atoms with Gasteiger partial charge in [-0.3, -0.25) is 0 Å². The van der Waals surface area contributed by atoms with Gasteiger partial charge in [0.1, 0.15) is 18.3 Å². The molecule has 0 aromatic carbocycles. The minimum absolute atomic E-state index is 0.324. The molecule has 33 heavy (non-hydrogen) atoms. The van der Waals surface area contributed by atoms with Crippen molar-refractivity contribution in [3.8, 4) is 0 Å². The van der Waals surface area contributed by atoms with Crippen LogP contribution >= 0.6 is 0 Å². The molecule has 3 aliphatic rings. The van der Waals surface area contributed by atoms with E-state index in [0.717, 1.165) is 13.7 Å². The van der Waals surface area contributed by atoms with Crippen molar-refractivity contribution in [2.75, 3.05) is 21.3 Å². The van der Waals surface area contributed by atoms with Gasteiger partial charge in [0.05, 0.1) is 41.0 Å². The molecule has 0 spiro atoms. The van der Waals surface area contributed by atoms with Crippen LogP contribution in [-0.2, 0) is 62.4 Å². The van der Waals surface area contributed by atoms with Crippen molar-refractivity contribution in [2.45, 2.75) is 56.3 Å². The third kappa shape index (κ3) is 4.34. The molecule has 0 radical (unpaired) electrons. The Kier molecular flexibility index (Phi) is 5.94. The molecular formula is C18H21N3O12. The Balaban J connectivity index is 1.64. The molecule has 15 heteroatoms. The Hall–Kier alpha value is -3.30. The first-order valence-corrected chi connectivity index (χ1v) is 9.86. The Labute approximate surface area is 184 Å². The number of methoxy groups -OCH3 is 3. The topological polar surface area (TPSA) is 182 Å². The average Bonchev–Trinajstić information content (AvgIpc) is 3.69. The van der Waals surface area contributed by atoms with Crippen LogP contribution in [0.15, 0.2) is 14.4 Å². The molecule has 0 aliphatic carbocycles. The molecule has 15 nitrogen and oxygen atoms in total. The summed E-state index contributed by atoms with van der Waals surface area (Å²) < 4.78 is 31.4. The third-order valence-corrected chi connectivity index (χ3v) is 5.52. The molecule has 6 atom stereocenters. The van der Waals surface area contributed by atoms with Crippen LogP contribution in [0.1, 0.15) is 0 Å². The lowest BCUT2D eigenvalue weighted by atomic mass is 10.3. The monoisotopic (exact) mass is 471 g/mol. The van der Waals surface area contributed by atoms with E-state index >= 15 is 0 Å². The molecule has 0 N–H and O–H groups in total. The van der Waals surface area contributed by atoms with Crippen molar-refractivity contribution in [1.82, 2.24) is 13.7 Å². The minimum Gasteiger partial charge on any atom is -0.467 e. The van der Waals surface area contributed by atoms with Crippen LogP contribution < -0.4 is 17.1 Å². The van der Waals surface area contributed by atoms with E-state index in [2.05, 4.69) is 14.2 Å². The lowest BCUT2D eigenvalue weighted by Gasteiger charge is -2.12. The zero-order valence-corrected chi connectivity index (χ0v) is 17.8. The number of ether oxygens (including phenoxy) is 6. The van der Waals surface area contributed by atoms with Crippen molar-refractivity contribution in [3.05, 3.63) is 31.5 Å². The zero-order chi connectivity index (χ0) is 24.0. The predicted octanol–water partition coefficient (Wildman–Crippen LogP) is -4.01.